The molecule has 1 saturated heterocycles. The zero-order chi connectivity index (χ0) is 13.9. The van der Waals surface area contributed by atoms with Gasteiger partial charge in [-0.1, -0.05) is 21.6 Å². The summed E-state index contributed by atoms with van der Waals surface area (Å²) in [5, 5.41) is 17.2. The maximum atomic E-state index is 12.2. The van der Waals surface area contributed by atoms with Gasteiger partial charge in [-0.25, -0.2) is 0 Å². The van der Waals surface area contributed by atoms with E-state index in [1.54, 1.807) is 4.90 Å². The van der Waals surface area contributed by atoms with Crippen molar-refractivity contribution in [3.63, 3.8) is 0 Å². The van der Waals surface area contributed by atoms with Crippen LogP contribution in [-0.2, 0) is 4.79 Å². The lowest BCUT2D eigenvalue weighted by atomic mass is 10.3. The molecule has 7 heteroatoms. The zero-order valence-electron chi connectivity index (χ0n) is 10.9. The van der Waals surface area contributed by atoms with Crippen LogP contribution in [0.5, 0.6) is 0 Å². The summed E-state index contributed by atoms with van der Waals surface area (Å²) in [6.07, 6.45) is 0.645. The molecular weight excluding hydrogens is 280 g/mol. The first-order valence-corrected chi connectivity index (χ1v) is 8.75. The molecular formula is C12H18N4OS2. The number of hydrogen-bond acceptors (Lipinski definition) is 6. The molecule has 1 heterocycles. The van der Waals surface area contributed by atoms with Crippen molar-refractivity contribution in [3.05, 3.63) is 0 Å². The van der Waals surface area contributed by atoms with Crippen LogP contribution in [-0.4, -0.2) is 59.9 Å². The van der Waals surface area contributed by atoms with E-state index < -0.39 is 0 Å². The van der Waals surface area contributed by atoms with E-state index in [1.165, 1.54) is 0 Å². The van der Waals surface area contributed by atoms with E-state index in [-0.39, 0.29) is 5.91 Å². The van der Waals surface area contributed by atoms with Gasteiger partial charge in [0, 0.05) is 37.7 Å². The van der Waals surface area contributed by atoms with E-state index in [1.807, 2.05) is 33.7 Å². The SMILES string of the molecule is N#CCCN(CCC#N)C(=O)CN1CCSSCC1. The summed E-state index contributed by atoms with van der Waals surface area (Å²) < 4.78 is 0. The lowest BCUT2D eigenvalue weighted by Crippen LogP contribution is -2.42. The molecule has 1 rings (SSSR count). The molecule has 0 aromatic carbocycles. The molecule has 1 aliphatic heterocycles. The minimum atomic E-state index is 0.0300. The van der Waals surface area contributed by atoms with Crippen LogP contribution in [0.15, 0.2) is 0 Å². The smallest absolute Gasteiger partial charge is 0.236 e. The molecule has 1 fully saturated rings. The molecule has 0 radical (unpaired) electrons. The average Bonchev–Trinajstić information content (AvgIpc) is 2.67. The third kappa shape index (κ3) is 6.72. The lowest BCUT2D eigenvalue weighted by molar-refractivity contribution is -0.132. The number of nitrogens with zero attached hydrogens (tertiary/aromatic N) is 4. The van der Waals surface area contributed by atoms with Crippen LogP contribution in [0.25, 0.3) is 0 Å². The first kappa shape index (κ1) is 16.2. The van der Waals surface area contributed by atoms with Crippen molar-refractivity contribution in [3.8, 4) is 12.1 Å². The van der Waals surface area contributed by atoms with Gasteiger partial charge in [-0.15, -0.1) is 0 Å². The Morgan fingerprint density at radius 2 is 1.63 bits per heavy atom. The Labute approximate surface area is 122 Å². The Hall–Kier alpha value is -0.890. The average molecular weight is 298 g/mol. The Morgan fingerprint density at radius 3 is 2.11 bits per heavy atom. The van der Waals surface area contributed by atoms with Crippen molar-refractivity contribution < 1.29 is 4.79 Å². The molecule has 0 bridgehead atoms. The third-order valence-corrected chi connectivity index (χ3v) is 5.13. The van der Waals surface area contributed by atoms with Gasteiger partial charge >= 0.3 is 0 Å². The number of nitriles is 2. The number of carbonyl (C=O) groups is 1. The van der Waals surface area contributed by atoms with E-state index in [2.05, 4.69) is 4.90 Å². The molecule has 0 saturated carbocycles. The second-order valence-electron chi connectivity index (χ2n) is 4.12. The summed E-state index contributed by atoms with van der Waals surface area (Å²) in [4.78, 5) is 16.0. The van der Waals surface area contributed by atoms with Crippen LogP contribution in [0, 0.1) is 22.7 Å². The molecule has 0 aliphatic carbocycles. The Bertz CT molecular complexity index is 338. The first-order chi connectivity index (χ1) is 9.27. The van der Waals surface area contributed by atoms with E-state index in [4.69, 9.17) is 10.5 Å². The van der Waals surface area contributed by atoms with E-state index in [0.717, 1.165) is 24.6 Å². The maximum absolute atomic E-state index is 12.2. The highest BCUT2D eigenvalue weighted by Crippen LogP contribution is 2.23. The second-order valence-corrected chi connectivity index (χ2v) is 6.82. The van der Waals surface area contributed by atoms with Gasteiger partial charge in [-0.3, -0.25) is 9.69 Å². The highest BCUT2D eigenvalue weighted by Gasteiger charge is 2.18. The highest BCUT2D eigenvalue weighted by molar-refractivity contribution is 8.76. The van der Waals surface area contributed by atoms with Crippen LogP contribution in [0.1, 0.15) is 12.8 Å². The van der Waals surface area contributed by atoms with Crippen molar-refractivity contribution in [2.75, 3.05) is 44.2 Å². The number of carbonyl (C=O) groups excluding carboxylic acids is 1. The summed E-state index contributed by atoms with van der Waals surface area (Å²) >= 11 is 0. The largest absolute Gasteiger partial charge is 0.340 e. The van der Waals surface area contributed by atoms with Crippen LogP contribution >= 0.6 is 21.6 Å². The summed E-state index contributed by atoms with van der Waals surface area (Å²) in [5.41, 5.74) is 0. The molecule has 19 heavy (non-hydrogen) atoms. The van der Waals surface area contributed by atoms with Gasteiger partial charge in [-0.05, 0) is 0 Å². The van der Waals surface area contributed by atoms with Gasteiger partial charge in [-0.2, -0.15) is 10.5 Å². The lowest BCUT2D eigenvalue weighted by Gasteiger charge is -2.25. The first-order valence-electron chi connectivity index (χ1n) is 6.26. The van der Waals surface area contributed by atoms with E-state index in [0.29, 0.717) is 32.5 Å². The topological polar surface area (TPSA) is 71.1 Å². The van der Waals surface area contributed by atoms with Crippen LogP contribution < -0.4 is 0 Å². The monoisotopic (exact) mass is 298 g/mol. The fourth-order valence-electron chi connectivity index (χ4n) is 1.74. The van der Waals surface area contributed by atoms with Crippen molar-refractivity contribution in [2.45, 2.75) is 12.8 Å². The number of hydrogen-bond donors (Lipinski definition) is 0. The van der Waals surface area contributed by atoms with Crippen LogP contribution in [0.2, 0.25) is 0 Å². The van der Waals surface area contributed by atoms with Gasteiger partial charge in [0.15, 0.2) is 0 Å². The van der Waals surface area contributed by atoms with Crippen molar-refractivity contribution in [2.24, 2.45) is 0 Å². The van der Waals surface area contributed by atoms with Crippen molar-refractivity contribution >= 4 is 27.5 Å². The van der Waals surface area contributed by atoms with Gasteiger partial charge in [0.25, 0.3) is 0 Å². The van der Waals surface area contributed by atoms with E-state index in [9.17, 15) is 4.79 Å². The number of rotatable bonds is 6. The van der Waals surface area contributed by atoms with Crippen molar-refractivity contribution in [1.29, 1.82) is 10.5 Å². The van der Waals surface area contributed by atoms with E-state index >= 15 is 0 Å². The Kier molecular flexibility index (Phi) is 8.48. The summed E-state index contributed by atoms with van der Waals surface area (Å²) in [6, 6.07) is 4.09. The zero-order valence-corrected chi connectivity index (χ0v) is 12.5. The number of amides is 1. The summed E-state index contributed by atoms with van der Waals surface area (Å²) in [7, 11) is 3.69. The van der Waals surface area contributed by atoms with Crippen LogP contribution in [0.4, 0.5) is 0 Å². The molecule has 0 aromatic rings. The molecule has 104 valence electrons. The summed E-state index contributed by atoms with van der Waals surface area (Å²) in [6.45, 7) is 3.10. The van der Waals surface area contributed by atoms with Gasteiger partial charge in [0.05, 0.1) is 31.5 Å². The predicted octanol–water partition coefficient (Wildman–Crippen LogP) is 1.34. The molecule has 0 aromatic heterocycles. The quantitative estimate of drug-likeness (QED) is 0.689. The molecule has 5 nitrogen and oxygen atoms in total. The van der Waals surface area contributed by atoms with Crippen molar-refractivity contribution in [1.82, 2.24) is 9.80 Å². The molecule has 1 amide bonds. The predicted molar refractivity (Wildman–Crippen MR) is 78.4 cm³/mol. The fraction of sp³-hybridized carbons (Fsp3) is 0.750. The van der Waals surface area contributed by atoms with Gasteiger partial charge < -0.3 is 4.90 Å². The van der Waals surface area contributed by atoms with Gasteiger partial charge in [0.2, 0.25) is 5.91 Å². The minimum absolute atomic E-state index is 0.0300. The minimum Gasteiger partial charge on any atom is -0.340 e. The standard InChI is InChI=1S/C12H18N4OS2/c13-3-1-5-16(6-2-4-14)12(17)11-15-7-9-18-19-10-8-15/h1-2,5-11H2. The van der Waals surface area contributed by atoms with Gasteiger partial charge in [0.1, 0.15) is 0 Å². The van der Waals surface area contributed by atoms with Crippen LogP contribution in [0.3, 0.4) is 0 Å². The fourth-order valence-corrected chi connectivity index (χ4v) is 3.80. The normalized spacial score (nSPS) is 16.1. The third-order valence-electron chi connectivity index (χ3n) is 2.76. The maximum Gasteiger partial charge on any atom is 0.236 e. The molecule has 0 spiro atoms. The Morgan fingerprint density at radius 1 is 1.11 bits per heavy atom. The molecule has 1 aliphatic rings. The Balaban J connectivity index is 2.45. The summed E-state index contributed by atoms with van der Waals surface area (Å²) in [5.74, 6) is 2.10. The highest BCUT2D eigenvalue weighted by atomic mass is 33.1. The molecule has 0 N–H and O–H groups in total. The second kappa shape index (κ2) is 9.96. The molecule has 0 unspecified atom stereocenters. The molecule has 0 atom stereocenters.